The highest BCUT2D eigenvalue weighted by atomic mass is 32.1. The zero-order valence-corrected chi connectivity index (χ0v) is 13.3. The molecule has 0 unspecified atom stereocenters. The molecule has 2 aromatic rings. The molecule has 128 valence electrons. The fourth-order valence-corrected chi connectivity index (χ4v) is 2.67. The largest absolute Gasteiger partial charge is 0.418 e. The summed E-state index contributed by atoms with van der Waals surface area (Å²) in [4.78, 5) is 23.9. The zero-order chi connectivity index (χ0) is 17.7. The van der Waals surface area contributed by atoms with Gasteiger partial charge in [0.15, 0.2) is 0 Å². The number of amides is 2. The first-order chi connectivity index (χ1) is 11.3. The lowest BCUT2D eigenvalue weighted by Gasteiger charge is -2.14. The molecule has 2 amide bonds. The van der Waals surface area contributed by atoms with Crippen LogP contribution < -0.4 is 16.2 Å². The number of rotatable bonds is 5. The summed E-state index contributed by atoms with van der Waals surface area (Å²) in [6, 6.07) is 8.04. The lowest BCUT2D eigenvalue weighted by Crippen LogP contribution is -2.29. The Morgan fingerprint density at radius 2 is 1.83 bits per heavy atom. The van der Waals surface area contributed by atoms with E-state index < -0.39 is 17.6 Å². The molecular weight excluding hydrogens is 343 g/mol. The molecule has 24 heavy (non-hydrogen) atoms. The minimum Gasteiger partial charge on any atom is -0.351 e. The standard InChI is InChI=1S/C15H14F3N3O2S/c1-9(22)19-8-10-6-7-13(24-10)14(23)21-20-12-5-3-2-4-11(12)15(16,17)18/h2-7,20H,8H2,1H3,(H,19,22)(H,21,23). The van der Waals surface area contributed by atoms with Gasteiger partial charge in [0, 0.05) is 11.8 Å². The second kappa shape index (κ2) is 7.35. The van der Waals surface area contributed by atoms with E-state index in [9.17, 15) is 22.8 Å². The average molecular weight is 357 g/mol. The number of benzene rings is 1. The van der Waals surface area contributed by atoms with E-state index >= 15 is 0 Å². The van der Waals surface area contributed by atoms with Crippen molar-refractivity contribution in [3.05, 3.63) is 51.7 Å². The number of thiophene rings is 1. The maximum atomic E-state index is 12.9. The number of carbonyl (C=O) groups excluding carboxylic acids is 2. The van der Waals surface area contributed by atoms with E-state index in [1.807, 2.05) is 0 Å². The Morgan fingerprint density at radius 1 is 1.12 bits per heavy atom. The number of halogens is 3. The molecule has 0 saturated heterocycles. The van der Waals surface area contributed by atoms with Crippen molar-refractivity contribution in [3.8, 4) is 0 Å². The van der Waals surface area contributed by atoms with Gasteiger partial charge in [-0.05, 0) is 24.3 Å². The molecule has 0 bridgehead atoms. The first-order valence-corrected chi connectivity index (χ1v) is 7.65. The fourth-order valence-electron chi connectivity index (χ4n) is 1.83. The highest BCUT2D eigenvalue weighted by Crippen LogP contribution is 2.34. The SMILES string of the molecule is CC(=O)NCc1ccc(C(=O)NNc2ccccc2C(F)(F)F)s1. The normalized spacial score (nSPS) is 11.0. The second-order valence-corrected chi connectivity index (χ2v) is 5.97. The van der Waals surface area contributed by atoms with Crippen molar-refractivity contribution >= 4 is 28.8 Å². The van der Waals surface area contributed by atoms with Crippen molar-refractivity contribution in [2.75, 3.05) is 5.43 Å². The molecule has 0 aliphatic rings. The molecule has 0 fully saturated rings. The first kappa shape index (κ1) is 17.8. The summed E-state index contributed by atoms with van der Waals surface area (Å²) >= 11 is 1.14. The third kappa shape index (κ3) is 4.72. The Hall–Kier alpha value is -2.55. The molecule has 0 saturated carbocycles. The van der Waals surface area contributed by atoms with E-state index in [0.717, 1.165) is 22.3 Å². The summed E-state index contributed by atoms with van der Waals surface area (Å²) in [5.41, 5.74) is 3.42. The van der Waals surface area contributed by atoms with Crippen LogP contribution in [0.25, 0.3) is 0 Å². The quantitative estimate of drug-likeness (QED) is 0.720. The van der Waals surface area contributed by atoms with E-state index in [4.69, 9.17) is 0 Å². The van der Waals surface area contributed by atoms with Crippen molar-refractivity contribution in [1.82, 2.24) is 10.7 Å². The molecule has 1 heterocycles. The third-order valence-electron chi connectivity index (χ3n) is 2.94. The average Bonchev–Trinajstić information content (AvgIpc) is 2.99. The van der Waals surface area contributed by atoms with Gasteiger partial charge in [0.05, 0.1) is 22.7 Å². The maximum Gasteiger partial charge on any atom is 0.418 e. The van der Waals surface area contributed by atoms with Crippen LogP contribution in [0.1, 0.15) is 27.0 Å². The molecular formula is C15H14F3N3O2S. The first-order valence-electron chi connectivity index (χ1n) is 6.83. The number of alkyl halides is 3. The number of anilines is 1. The van der Waals surface area contributed by atoms with Crippen LogP contribution in [0.3, 0.4) is 0 Å². The third-order valence-corrected chi connectivity index (χ3v) is 4.02. The summed E-state index contributed by atoms with van der Waals surface area (Å²) in [6.45, 7) is 1.67. The predicted molar refractivity (Wildman–Crippen MR) is 84.4 cm³/mol. The number of carbonyl (C=O) groups is 2. The molecule has 0 atom stereocenters. The Bertz CT molecular complexity index is 744. The number of hydrogen-bond donors (Lipinski definition) is 3. The van der Waals surface area contributed by atoms with Gasteiger partial charge in [0.1, 0.15) is 0 Å². The molecule has 9 heteroatoms. The van der Waals surface area contributed by atoms with Gasteiger partial charge in [-0.15, -0.1) is 11.3 Å². The molecule has 0 radical (unpaired) electrons. The molecule has 2 rings (SSSR count). The van der Waals surface area contributed by atoms with Gasteiger partial charge in [-0.3, -0.25) is 20.4 Å². The van der Waals surface area contributed by atoms with Crippen LogP contribution in [0, 0.1) is 0 Å². The van der Waals surface area contributed by atoms with Crippen LogP contribution in [0.4, 0.5) is 18.9 Å². The Kier molecular flexibility index (Phi) is 5.45. The van der Waals surface area contributed by atoms with Crippen LogP contribution in [-0.2, 0) is 17.5 Å². The Labute approximate surface area is 139 Å². The van der Waals surface area contributed by atoms with E-state index in [1.54, 1.807) is 6.07 Å². The van der Waals surface area contributed by atoms with E-state index in [0.29, 0.717) is 4.88 Å². The summed E-state index contributed by atoms with van der Waals surface area (Å²) in [6.07, 6.45) is -4.53. The van der Waals surface area contributed by atoms with Crippen molar-refractivity contribution in [1.29, 1.82) is 0 Å². The van der Waals surface area contributed by atoms with E-state index in [2.05, 4.69) is 16.2 Å². The zero-order valence-electron chi connectivity index (χ0n) is 12.5. The Balaban J connectivity index is 2.00. The topological polar surface area (TPSA) is 70.2 Å². The summed E-state index contributed by atoms with van der Waals surface area (Å²) in [7, 11) is 0. The predicted octanol–water partition coefficient (Wildman–Crippen LogP) is 3.16. The van der Waals surface area contributed by atoms with E-state index in [1.165, 1.54) is 31.2 Å². The van der Waals surface area contributed by atoms with Crippen molar-refractivity contribution < 1.29 is 22.8 Å². The summed E-state index contributed by atoms with van der Waals surface area (Å²) < 4.78 is 38.6. The van der Waals surface area contributed by atoms with Crippen LogP contribution in [-0.4, -0.2) is 11.8 Å². The van der Waals surface area contributed by atoms with Gasteiger partial charge in [0.25, 0.3) is 5.91 Å². The van der Waals surface area contributed by atoms with Gasteiger partial charge in [-0.1, -0.05) is 12.1 Å². The van der Waals surface area contributed by atoms with Gasteiger partial charge in [-0.25, -0.2) is 0 Å². The number of para-hydroxylation sites is 1. The number of hydrogen-bond acceptors (Lipinski definition) is 4. The van der Waals surface area contributed by atoms with Crippen molar-refractivity contribution in [3.63, 3.8) is 0 Å². The Morgan fingerprint density at radius 3 is 2.50 bits per heavy atom. The van der Waals surface area contributed by atoms with Crippen LogP contribution in [0.15, 0.2) is 36.4 Å². The van der Waals surface area contributed by atoms with Crippen LogP contribution in [0.2, 0.25) is 0 Å². The lowest BCUT2D eigenvalue weighted by molar-refractivity contribution is -0.137. The summed E-state index contributed by atoms with van der Waals surface area (Å²) in [5.74, 6) is -0.758. The van der Waals surface area contributed by atoms with Gasteiger partial charge in [0.2, 0.25) is 5.91 Å². The minimum atomic E-state index is -4.53. The highest BCUT2D eigenvalue weighted by Gasteiger charge is 2.33. The van der Waals surface area contributed by atoms with Crippen LogP contribution >= 0.6 is 11.3 Å². The molecule has 1 aromatic carbocycles. The van der Waals surface area contributed by atoms with Crippen molar-refractivity contribution in [2.24, 2.45) is 0 Å². The molecule has 0 aliphatic carbocycles. The molecule has 0 aliphatic heterocycles. The van der Waals surface area contributed by atoms with Crippen LogP contribution in [0.5, 0.6) is 0 Å². The monoisotopic (exact) mass is 357 g/mol. The molecule has 3 N–H and O–H groups in total. The molecule has 0 spiro atoms. The smallest absolute Gasteiger partial charge is 0.351 e. The van der Waals surface area contributed by atoms with Gasteiger partial charge < -0.3 is 5.32 Å². The van der Waals surface area contributed by atoms with Gasteiger partial charge >= 0.3 is 6.18 Å². The fraction of sp³-hybridized carbons (Fsp3) is 0.200. The lowest BCUT2D eigenvalue weighted by atomic mass is 10.2. The molecule has 5 nitrogen and oxygen atoms in total. The van der Waals surface area contributed by atoms with Crippen molar-refractivity contribution in [2.45, 2.75) is 19.6 Å². The highest BCUT2D eigenvalue weighted by molar-refractivity contribution is 7.14. The maximum absolute atomic E-state index is 12.9. The van der Waals surface area contributed by atoms with Gasteiger partial charge in [-0.2, -0.15) is 13.2 Å². The van der Waals surface area contributed by atoms with E-state index in [-0.39, 0.29) is 18.1 Å². The molecule has 1 aromatic heterocycles. The number of nitrogens with one attached hydrogen (secondary N) is 3. The minimum absolute atomic E-state index is 0.195. The second-order valence-electron chi connectivity index (χ2n) is 4.80. The number of hydrazine groups is 1. The summed E-state index contributed by atoms with van der Waals surface area (Å²) in [5, 5.41) is 2.60.